The number of carbonyl (C=O) groups excluding carboxylic acids is 1. The zero-order valence-electron chi connectivity index (χ0n) is 12.4. The molecule has 0 saturated carbocycles. The Kier molecular flexibility index (Phi) is 5.99. The summed E-state index contributed by atoms with van der Waals surface area (Å²) in [7, 11) is 0. The van der Waals surface area contributed by atoms with E-state index < -0.39 is 0 Å². The molecule has 0 aliphatic carbocycles. The van der Waals surface area contributed by atoms with Crippen LogP contribution >= 0.6 is 0 Å². The molecule has 0 spiro atoms. The molecule has 1 aromatic carbocycles. The van der Waals surface area contributed by atoms with Gasteiger partial charge in [0.15, 0.2) is 0 Å². The van der Waals surface area contributed by atoms with Crippen LogP contribution in [0.4, 0.5) is 4.39 Å². The van der Waals surface area contributed by atoms with Gasteiger partial charge in [0.05, 0.1) is 12.6 Å². The van der Waals surface area contributed by atoms with Crippen LogP contribution in [0, 0.1) is 5.82 Å². The van der Waals surface area contributed by atoms with Gasteiger partial charge in [-0.2, -0.15) is 0 Å². The summed E-state index contributed by atoms with van der Waals surface area (Å²) in [6.07, 6.45) is 3.69. The number of nitrogens with one attached hydrogen (secondary N) is 2. The highest BCUT2D eigenvalue weighted by Crippen LogP contribution is 2.15. The smallest absolute Gasteiger partial charge is 0.237 e. The second-order valence-corrected chi connectivity index (χ2v) is 5.35. The summed E-state index contributed by atoms with van der Waals surface area (Å²) in [5.41, 5.74) is 0. The van der Waals surface area contributed by atoms with Crippen LogP contribution < -0.4 is 15.4 Å². The van der Waals surface area contributed by atoms with E-state index in [0.29, 0.717) is 12.3 Å². The van der Waals surface area contributed by atoms with E-state index in [4.69, 9.17) is 4.74 Å². The van der Waals surface area contributed by atoms with Crippen molar-refractivity contribution in [2.45, 2.75) is 44.8 Å². The molecule has 116 valence electrons. The van der Waals surface area contributed by atoms with Crippen molar-refractivity contribution < 1.29 is 13.9 Å². The van der Waals surface area contributed by atoms with Crippen molar-refractivity contribution in [3.05, 3.63) is 30.1 Å². The van der Waals surface area contributed by atoms with Crippen molar-refractivity contribution in [1.29, 1.82) is 0 Å². The summed E-state index contributed by atoms with van der Waals surface area (Å²) in [4.78, 5) is 12.0. The molecule has 0 aromatic heterocycles. The second-order valence-electron chi connectivity index (χ2n) is 5.35. The van der Waals surface area contributed by atoms with Gasteiger partial charge in [0.1, 0.15) is 17.7 Å². The van der Waals surface area contributed by atoms with Crippen molar-refractivity contribution in [3.63, 3.8) is 0 Å². The van der Waals surface area contributed by atoms with Crippen molar-refractivity contribution in [3.8, 4) is 5.75 Å². The Balaban J connectivity index is 1.80. The summed E-state index contributed by atoms with van der Waals surface area (Å²) < 4.78 is 18.8. The maximum Gasteiger partial charge on any atom is 0.237 e. The molecule has 4 nitrogen and oxygen atoms in total. The minimum absolute atomic E-state index is 0.0241. The van der Waals surface area contributed by atoms with Crippen LogP contribution in [0.3, 0.4) is 0 Å². The number of halogens is 1. The molecule has 2 N–H and O–H groups in total. The Bertz CT molecular complexity index is 461. The van der Waals surface area contributed by atoms with Gasteiger partial charge in [-0.25, -0.2) is 4.39 Å². The third-order valence-electron chi connectivity index (χ3n) is 3.68. The van der Waals surface area contributed by atoms with Crippen LogP contribution in [-0.4, -0.2) is 31.1 Å². The lowest BCUT2D eigenvalue weighted by Crippen LogP contribution is -2.48. The first kappa shape index (κ1) is 15.8. The molecular weight excluding hydrogens is 271 g/mol. The fourth-order valence-corrected chi connectivity index (χ4v) is 2.42. The molecule has 2 rings (SSSR count). The number of piperidine rings is 1. The molecule has 2 unspecified atom stereocenters. The predicted molar refractivity (Wildman–Crippen MR) is 79.8 cm³/mol. The fourth-order valence-electron chi connectivity index (χ4n) is 2.42. The average Bonchev–Trinajstić information content (AvgIpc) is 2.52. The minimum Gasteiger partial charge on any atom is -0.489 e. The number of carbonyl (C=O) groups is 1. The van der Waals surface area contributed by atoms with E-state index >= 15 is 0 Å². The molecule has 0 radical (unpaired) electrons. The number of amides is 1. The van der Waals surface area contributed by atoms with Crippen LogP contribution in [-0.2, 0) is 4.79 Å². The zero-order valence-corrected chi connectivity index (χ0v) is 12.4. The molecule has 1 amide bonds. The predicted octanol–water partition coefficient (Wildman–Crippen LogP) is 2.24. The van der Waals surface area contributed by atoms with Gasteiger partial charge in [-0.15, -0.1) is 0 Å². The van der Waals surface area contributed by atoms with Gasteiger partial charge >= 0.3 is 0 Å². The SMILES string of the molecule is CCC(CNC(=O)C1CCCCN1)Oc1cccc(F)c1. The van der Waals surface area contributed by atoms with Crippen LogP contribution in [0.1, 0.15) is 32.6 Å². The van der Waals surface area contributed by atoms with E-state index in [0.717, 1.165) is 32.2 Å². The van der Waals surface area contributed by atoms with E-state index in [1.54, 1.807) is 12.1 Å². The Morgan fingerprint density at radius 2 is 2.38 bits per heavy atom. The number of ether oxygens (including phenoxy) is 1. The van der Waals surface area contributed by atoms with Gasteiger partial charge in [0, 0.05) is 6.07 Å². The molecule has 1 heterocycles. The quantitative estimate of drug-likeness (QED) is 0.846. The second kappa shape index (κ2) is 7.98. The first-order chi connectivity index (χ1) is 10.2. The molecule has 1 fully saturated rings. The lowest BCUT2D eigenvalue weighted by Gasteiger charge is -2.24. The molecule has 1 saturated heterocycles. The first-order valence-corrected chi connectivity index (χ1v) is 7.62. The van der Waals surface area contributed by atoms with Crippen molar-refractivity contribution in [1.82, 2.24) is 10.6 Å². The Morgan fingerprint density at radius 3 is 3.05 bits per heavy atom. The van der Waals surface area contributed by atoms with Crippen LogP contribution in [0.25, 0.3) is 0 Å². The molecule has 1 aliphatic rings. The first-order valence-electron chi connectivity index (χ1n) is 7.62. The molecule has 1 aliphatic heterocycles. The summed E-state index contributed by atoms with van der Waals surface area (Å²) in [6, 6.07) is 5.97. The van der Waals surface area contributed by atoms with Crippen LogP contribution in [0.2, 0.25) is 0 Å². The normalized spacial score (nSPS) is 19.8. The van der Waals surface area contributed by atoms with Crippen LogP contribution in [0.5, 0.6) is 5.75 Å². The van der Waals surface area contributed by atoms with Gasteiger partial charge in [-0.1, -0.05) is 19.4 Å². The maximum atomic E-state index is 13.1. The van der Waals surface area contributed by atoms with E-state index in [9.17, 15) is 9.18 Å². The maximum absolute atomic E-state index is 13.1. The lowest BCUT2D eigenvalue weighted by molar-refractivity contribution is -0.124. The highest BCUT2D eigenvalue weighted by molar-refractivity contribution is 5.81. The third-order valence-corrected chi connectivity index (χ3v) is 3.68. The summed E-state index contributed by atoms with van der Waals surface area (Å²) in [5.74, 6) is 0.195. The zero-order chi connectivity index (χ0) is 15.1. The largest absolute Gasteiger partial charge is 0.489 e. The molecule has 5 heteroatoms. The Hall–Kier alpha value is -1.62. The van der Waals surface area contributed by atoms with E-state index in [-0.39, 0.29) is 23.9 Å². The van der Waals surface area contributed by atoms with Gasteiger partial charge in [-0.3, -0.25) is 4.79 Å². The topological polar surface area (TPSA) is 50.4 Å². The average molecular weight is 294 g/mol. The van der Waals surface area contributed by atoms with Crippen LogP contribution in [0.15, 0.2) is 24.3 Å². The van der Waals surface area contributed by atoms with Crippen molar-refractivity contribution in [2.75, 3.05) is 13.1 Å². The lowest BCUT2D eigenvalue weighted by atomic mass is 10.0. The van der Waals surface area contributed by atoms with Gasteiger partial charge in [0.2, 0.25) is 5.91 Å². The Morgan fingerprint density at radius 1 is 1.52 bits per heavy atom. The van der Waals surface area contributed by atoms with Crippen molar-refractivity contribution >= 4 is 5.91 Å². The molecule has 2 atom stereocenters. The van der Waals surface area contributed by atoms with Crippen molar-refractivity contribution in [2.24, 2.45) is 0 Å². The summed E-state index contributed by atoms with van der Waals surface area (Å²) >= 11 is 0. The van der Waals surface area contributed by atoms with Gasteiger partial charge in [-0.05, 0) is 37.9 Å². The Labute approximate surface area is 125 Å². The monoisotopic (exact) mass is 294 g/mol. The molecule has 21 heavy (non-hydrogen) atoms. The number of hydrogen-bond acceptors (Lipinski definition) is 3. The number of benzene rings is 1. The number of hydrogen-bond donors (Lipinski definition) is 2. The minimum atomic E-state index is -0.321. The van der Waals surface area contributed by atoms with E-state index in [2.05, 4.69) is 10.6 Å². The molecule has 1 aromatic rings. The van der Waals surface area contributed by atoms with Gasteiger partial charge < -0.3 is 15.4 Å². The molecule has 0 bridgehead atoms. The van der Waals surface area contributed by atoms with Gasteiger partial charge in [0.25, 0.3) is 0 Å². The highest BCUT2D eigenvalue weighted by atomic mass is 19.1. The standard InChI is InChI=1S/C16H23FN2O2/c1-2-13(21-14-7-5-6-12(17)10-14)11-19-16(20)15-8-3-4-9-18-15/h5-7,10,13,15,18H,2-4,8-9,11H2,1H3,(H,19,20). The fraction of sp³-hybridized carbons (Fsp3) is 0.562. The van der Waals surface area contributed by atoms with E-state index in [1.165, 1.54) is 12.1 Å². The summed E-state index contributed by atoms with van der Waals surface area (Å²) in [6.45, 7) is 3.31. The molecular formula is C16H23FN2O2. The number of rotatable bonds is 6. The highest BCUT2D eigenvalue weighted by Gasteiger charge is 2.21. The van der Waals surface area contributed by atoms with E-state index in [1.807, 2.05) is 6.92 Å². The third kappa shape index (κ3) is 5.01. The summed E-state index contributed by atoms with van der Waals surface area (Å²) in [5, 5.41) is 6.13.